The van der Waals surface area contributed by atoms with Gasteiger partial charge in [-0.25, -0.2) is 4.79 Å². The van der Waals surface area contributed by atoms with E-state index in [-0.39, 0.29) is 23.1 Å². The van der Waals surface area contributed by atoms with Crippen LogP contribution in [-0.2, 0) is 4.79 Å². The fraction of sp³-hybridized carbons (Fsp3) is 0.111. The van der Waals surface area contributed by atoms with Crippen molar-refractivity contribution in [2.24, 2.45) is 0 Å². The normalized spacial score (nSPS) is 15.0. The highest BCUT2D eigenvalue weighted by atomic mass is 35.5. The van der Waals surface area contributed by atoms with Crippen LogP contribution in [0.4, 0.5) is 5.69 Å². The number of esters is 1. The molecule has 0 saturated carbocycles. The summed E-state index contributed by atoms with van der Waals surface area (Å²) in [6, 6.07) is 24.2. The van der Waals surface area contributed by atoms with Crippen molar-refractivity contribution >= 4 is 39.9 Å². The first kappa shape index (κ1) is 21.0. The summed E-state index contributed by atoms with van der Waals surface area (Å²) in [4.78, 5) is 25.1. The number of rotatable bonds is 4. The molecule has 4 aromatic rings. The van der Waals surface area contributed by atoms with Crippen LogP contribution in [0.2, 0.25) is 5.02 Å². The Bertz CT molecular complexity index is 1400. The van der Waals surface area contributed by atoms with Gasteiger partial charge >= 0.3 is 5.97 Å². The highest BCUT2D eigenvalue weighted by Crippen LogP contribution is 2.43. The molecule has 5 nitrogen and oxygen atoms in total. The summed E-state index contributed by atoms with van der Waals surface area (Å²) < 4.78 is 11.1. The fourth-order valence-electron chi connectivity index (χ4n) is 4.32. The molecule has 0 fully saturated rings. The zero-order valence-electron chi connectivity index (χ0n) is 17.8. The largest absolute Gasteiger partial charge is 0.493 e. The lowest BCUT2D eigenvalue weighted by Crippen LogP contribution is -2.23. The minimum atomic E-state index is -0.569. The molecule has 1 N–H and O–H groups in total. The number of hydrogen-bond acceptors (Lipinski definition) is 4. The van der Waals surface area contributed by atoms with E-state index >= 15 is 0 Å². The first-order chi connectivity index (χ1) is 16.0. The molecule has 0 radical (unpaired) electrons. The van der Waals surface area contributed by atoms with Gasteiger partial charge in [-0.15, -0.1) is 0 Å². The Morgan fingerprint density at radius 2 is 1.76 bits per heavy atom. The Morgan fingerprint density at radius 3 is 2.58 bits per heavy atom. The minimum absolute atomic E-state index is 0.0454. The van der Waals surface area contributed by atoms with Crippen molar-refractivity contribution in [2.75, 3.05) is 12.4 Å². The van der Waals surface area contributed by atoms with Crippen LogP contribution < -0.4 is 14.8 Å². The second-order valence-electron chi connectivity index (χ2n) is 7.83. The van der Waals surface area contributed by atoms with Gasteiger partial charge in [0.05, 0.1) is 17.7 Å². The van der Waals surface area contributed by atoms with Crippen LogP contribution in [0.15, 0.2) is 78.9 Å². The molecule has 1 amide bonds. The molecule has 1 heterocycles. The number of ether oxygens (including phenoxy) is 2. The molecule has 6 heteroatoms. The Balaban J connectivity index is 1.54. The van der Waals surface area contributed by atoms with Crippen LogP contribution in [-0.4, -0.2) is 19.0 Å². The molecule has 1 atom stereocenters. The van der Waals surface area contributed by atoms with Gasteiger partial charge in [0, 0.05) is 18.0 Å². The maximum atomic E-state index is 12.6. The monoisotopic (exact) mass is 457 g/mol. The number of amides is 1. The second-order valence-corrected chi connectivity index (χ2v) is 8.24. The van der Waals surface area contributed by atoms with Crippen molar-refractivity contribution in [1.29, 1.82) is 0 Å². The van der Waals surface area contributed by atoms with E-state index < -0.39 is 5.97 Å². The van der Waals surface area contributed by atoms with Gasteiger partial charge in [0.15, 0.2) is 11.5 Å². The molecule has 0 bridgehead atoms. The molecule has 1 aliphatic rings. The predicted molar refractivity (Wildman–Crippen MR) is 128 cm³/mol. The lowest BCUT2D eigenvalue weighted by molar-refractivity contribution is -0.116. The van der Waals surface area contributed by atoms with Gasteiger partial charge in [-0.3, -0.25) is 4.79 Å². The van der Waals surface area contributed by atoms with Gasteiger partial charge in [-0.2, -0.15) is 0 Å². The number of carbonyl (C=O) groups excluding carboxylic acids is 2. The quantitative estimate of drug-likeness (QED) is 0.293. The second kappa shape index (κ2) is 8.60. The van der Waals surface area contributed by atoms with Crippen LogP contribution >= 0.6 is 11.6 Å². The Morgan fingerprint density at radius 1 is 0.970 bits per heavy atom. The SMILES string of the molecule is COc1cc([C@@H]2CC(=O)Nc3ccc4ccccc4c32)ccc1OC(=O)c1ccccc1Cl. The standard InChI is InChI=1S/C27H20ClNO4/c1-32-24-14-17(11-13-23(24)33-27(31)19-8-4-5-9-21(19)28)20-15-25(30)29-22-12-10-16-6-2-3-7-18(16)26(20)22/h2-14,20H,15H2,1H3,(H,29,30)/t20-/m0/s1. The highest BCUT2D eigenvalue weighted by Gasteiger charge is 2.29. The molecule has 33 heavy (non-hydrogen) atoms. The number of benzene rings is 4. The maximum absolute atomic E-state index is 12.6. The summed E-state index contributed by atoms with van der Waals surface area (Å²) in [5.74, 6) is -0.0941. The van der Waals surface area contributed by atoms with Crippen LogP contribution in [0.5, 0.6) is 11.5 Å². The number of nitrogens with one attached hydrogen (secondary N) is 1. The van der Waals surface area contributed by atoms with Crippen molar-refractivity contribution in [2.45, 2.75) is 12.3 Å². The molecule has 164 valence electrons. The van der Waals surface area contributed by atoms with Crippen LogP contribution in [0, 0.1) is 0 Å². The number of hydrogen-bond donors (Lipinski definition) is 1. The van der Waals surface area contributed by atoms with E-state index in [0.717, 1.165) is 27.6 Å². The molecular formula is C27H20ClNO4. The van der Waals surface area contributed by atoms with Gasteiger partial charge in [-0.1, -0.05) is 60.1 Å². The summed E-state index contributed by atoms with van der Waals surface area (Å²) in [7, 11) is 1.52. The van der Waals surface area contributed by atoms with E-state index in [2.05, 4.69) is 17.4 Å². The lowest BCUT2D eigenvalue weighted by atomic mass is 9.82. The molecule has 0 aliphatic carbocycles. The van der Waals surface area contributed by atoms with Crippen molar-refractivity contribution < 1.29 is 19.1 Å². The summed E-state index contributed by atoms with van der Waals surface area (Å²) in [5, 5.41) is 5.50. The molecule has 0 aromatic heterocycles. The average molecular weight is 458 g/mol. The van der Waals surface area contributed by atoms with Gasteiger partial charge in [0.25, 0.3) is 0 Å². The van der Waals surface area contributed by atoms with E-state index in [1.807, 2.05) is 36.4 Å². The van der Waals surface area contributed by atoms with Gasteiger partial charge in [0.1, 0.15) is 0 Å². The summed E-state index contributed by atoms with van der Waals surface area (Å²) >= 11 is 6.13. The van der Waals surface area contributed by atoms with Crippen molar-refractivity contribution in [3.8, 4) is 11.5 Å². The average Bonchev–Trinajstić information content (AvgIpc) is 2.83. The third-order valence-corrected chi connectivity index (χ3v) is 6.20. The van der Waals surface area contributed by atoms with E-state index in [0.29, 0.717) is 17.2 Å². The van der Waals surface area contributed by atoms with Crippen LogP contribution in [0.3, 0.4) is 0 Å². The molecule has 0 unspecified atom stereocenters. The number of methoxy groups -OCH3 is 1. The number of anilines is 1. The smallest absolute Gasteiger partial charge is 0.345 e. The van der Waals surface area contributed by atoms with Gasteiger partial charge < -0.3 is 14.8 Å². The summed E-state index contributed by atoms with van der Waals surface area (Å²) in [6.07, 6.45) is 0.308. The lowest BCUT2D eigenvalue weighted by Gasteiger charge is -2.28. The molecule has 0 spiro atoms. The Kier molecular flexibility index (Phi) is 5.48. The van der Waals surface area contributed by atoms with Crippen molar-refractivity contribution in [3.05, 3.63) is 101 Å². The molecule has 5 rings (SSSR count). The predicted octanol–water partition coefficient (Wildman–Crippen LogP) is 6.20. The summed E-state index contributed by atoms with van der Waals surface area (Å²) in [5.41, 5.74) is 3.05. The van der Waals surface area contributed by atoms with E-state index in [1.165, 1.54) is 7.11 Å². The molecule has 4 aromatic carbocycles. The van der Waals surface area contributed by atoms with Crippen molar-refractivity contribution in [3.63, 3.8) is 0 Å². The zero-order chi connectivity index (χ0) is 22.9. The van der Waals surface area contributed by atoms with Crippen LogP contribution in [0.25, 0.3) is 10.8 Å². The Hall–Kier alpha value is -3.83. The minimum Gasteiger partial charge on any atom is -0.493 e. The fourth-order valence-corrected chi connectivity index (χ4v) is 4.53. The third kappa shape index (κ3) is 3.92. The summed E-state index contributed by atoms with van der Waals surface area (Å²) in [6.45, 7) is 0. The number of fused-ring (bicyclic) bond motifs is 3. The van der Waals surface area contributed by atoms with E-state index in [1.54, 1.807) is 30.3 Å². The van der Waals surface area contributed by atoms with Gasteiger partial charge in [0.2, 0.25) is 5.91 Å². The first-order valence-electron chi connectivity index (χ1n) is 10.5. The first-order valence-corrected chi connectivity index (χ1v) is 10.9. The molecule has 0 saturated heterocycles. The van der Waals surface area contributed by atoms with Crippen molar-refractivity contribution in [1.82, 2.24) is 0 Å². The van der Waals surface area contributed by atoms with E-state index in [9.17, 15) is 9.59 Å². The highest BCUT2D eigenvalue weighted by molar-refractivity contribution is 6.33. The Labute approximate surface area is 195 Å². The number of carbonyl (C=O) groups is 2. The van der Waals surface area contributed by atoms with Crippen LogP contribution in [0.1, 0.15) is 33.8 Å². The molecule has 1 aliphatic heterocycles. The third-order valence-electron chi connectivity index (χ3n) is 5.87. The van der Waals surface area contributed by atoms with E-state index in [4.69, 9.17) is 21.1 Å². The maximum Gasteiger partial charge on any atom is 0.345 e. The zero-order valence-corrected chi connectivity index (χ0v) is 18.6. The topological polar surface area (TPSA) is 64.6 Å². The molecular weight excluding hydrogens is 438 g/mol. The van der Waals surface area contributed by atoms with Gasteiger partial charge in [-0.05, 0) is 52.2 Å². The number of halogens is 1.